The Hall–Kier alpha value is -1.39. The number of hydrogen-bond donors (Lipinski definition) is 1. The molecule has 1 spiro atoms. The van der Waals surface area contributed by atoms with Crippen molar-refractivity contribution in [3.8, 4) is 0 Å². The van der Waals surface area contributed by atoms with E-state index in [1.54, 1.807) is 0 Å². The molecule has 24 heavy (non-hydrogen) atoms. The minimum Gasteiger partial charge on any atom is -0.338 e. The van der Waals surface area contributed by atoms with Gasteiger partial charge >= 0.3 is 0 Å². The van der Waals surface area contributed by atoms with E-state index in [0.717, 1.165) is 39.1 Å². The Morgan fingerprint density at radius 1 is 1.17 bits per heavy atom. The van der Waals surface area contributed by atoms with Gasteiger partial charge < -0.3 is 15.5 Å². The summed E-state index contributed by atoms with van der Waals surface area (Å²) < 4.78 is 0. The maximum atomic E-state index is 12.4. The van der Waals surface area contributed by atoms with Crippen LogP contribution in [0.1, 0.15) is 45.1 Å². The van der Waals surface area contributed by atoms with Crippen LogP contribution in [0.2, 0.25) is 0 Å². The number of piperidine rings is 2. The number of benzene rings is 1. The van der Waals surface area contributed by atoms with Crippen molar-refractivity contribution in [1.82, 2.24) is 9.80 Å². The average molecular weight is 329 g/mol. The van der Waals surface area contributed by atoms with Crippen molar-refractivity contribution < 1.29 is 4.79 Å². The van der Waals surface area contributed by atoms with Gasteiger partial charge in [0.05, 0.1) is 0 Å². The molecule has 0 aromatic heterocycles. The number of nitrogens with zero attached hydrogens (tertiary/aromatic N) is 2. The third-order valence-electron chi connectivity index (χ3n) is 5.34. The second-order valence-corrected chi connectivity index (χ2v) is 8.54. The molecule has 1 atom stereocenters. The molecule has 0 aliphatic carbocycles. The number of carbonyl (C=O) groups is 1. The molecule has 2 aliphatic rings. The molecule has 2 aliphatic heterocycles. The van der Waals surface area contributed by atoms with E-state index in [1.807, 2.05) is 18.2 Å². The molecule has 1 aromatic rings. The molecule has 0 unspecified atom stereocenters. The molecule has 132 valence electrons. The largest absolute Gasteiger partial charge is 0.338 e. The Morgan fingerprint density at radius 3 is 2.62 bits per heavy atom. The third-order valence-corrected chi connectivity index (χ3v) is 5.34. The molecule has 2 heterocycles. The van der Waals surface area contributed by atoms with Crippen LogP contribution in [-0.2, 0) is 11.3 Å². The van der Waals surface area contributed by atoms with Crippen molar-refractivity contribution in [1.29, 1.82) is 0 Å². The maximum Gasteiger partial charge on any atom is 0.222 e. The van der Waals surface area contributed by atoms with E-state index in [4.69, 9.17) is 5.73 Å². The molecule has 0 bridgehead atoms. The van der Waals surface area contributed by atoms with Gasteiger partial charge in [0, 0.05) is 43.6 Å². The van der Waals surface area contributed by atoms with Crippen molar-refractivity contribution in [2.75, 3.05) is 26.2 Å². The van der Waals surface area contributed by atoms with Crippen LogP contribution < -0.4 is 5.73 Å². The van der Waals surface area contributed by atoms with Gasteiger partial charge in [0.15, 0.2) is 0 Å². The smallest absolute Gasteiger partial charge is 0.222 e. The first kappa shape index (κ1) is 17.4. The highest BCUT2D eigenvalue weighted by atomic mass is 16.2. The fourth-order valence-electron chi connectivity index (χ4n) is 4.40. The van der Waals surface area contributed by atoms with Crippen LogP contribution in [0.3, 0.4) is 0 Å². The predicted octanol–water partition coefficient (Wildman–Crippen LogP) is 2.63. The molecule has 4 nitrogen and oxygen atoms in total. The summed E-state index contributed by atoms with van der Waals surface area (Å²) in [6, 6.07) is 10.3. The van der Waals surface area contributed by atoms with Crippen molar-refractivity contribution >= 4 is 5.91 Å². The summed E-state index contributed by atoms with van der Waals surface area (Å²) in [5, 5.41) is 0. The van der Waals surface area contributed by atoms with E-state index in [-0.39, 0.29) is 11.0 Å². The van der Waals surface area contributed by atoms with Crippen LogP contribution in [-0.4, -0.2) is 47.4 Å². The lowest BCUT2D eigenvalue weighted by Gasteiger charge is -2.49. The average Bonchev–Trinajstić information content (AvgIpc) is 2.51. The van der Waals surface area contributed by atoms with Crippen molar-refractivity contribution in [2.24, 2.45) is 11.1 Å². The molecule has 0 radical (unpaired) electrons. The summed E-state index contributed by atoms with van der Waals surface area (Å²) in [6.07, 6.45) is 4.15. The topological polar surface area (TPSA) is 49.6 Å². The predicted molar refractivity (Wildman–Crippen MR) is 97.5 cm³/mol. The van der Waals surface area contributed by atoms with E-state index >= 15 is 0 Å². The van der Waals surface area contributed by atoms with Gasteiger partial charge in [-0.25, -0.2) is 0 Å². The van der Waals surface area contributed by atoms with E-state index in [0.29, 0.717) is 12.3 Å². The lowest BCUT2D eigenvalue weighted by Crippen LogP contribution is -2.56. The lowest BCUT2D eigenvalue weighted by atomic mass is 9.73. The molecule has 0 saturated carbocycles. The van der Waals surface area contributed by atoms with E-state index in [1.165, 1.54) is 18.4 Å². The highest BCUT2D eigenvalue weighted by Crippen LogP contribution is 2.39. The monoisotopic (exact) mass is 329 g/mol. The molecule has 3 rings (SSSR count). The Balaban J connectivity index is 1.68. The Labute approximate surface area is 146 Å². The molecule has 2 saturated heterocycles. The first-order valence-electron chi connectivity index (χ1n) is 9.18. The Kier molecular flexibility index (Phi) is 4.97. The molecule has 1 aromatic carbocycles. The molecular weight excluding hydrogens is 298 g/mol. The van der Waals surface area contributed by atoms with Gasteiger partial charge in [0.25, 0.3) is 0 Å². The minimum absolute atomic E-state index is 0.160. The second kappa shape index (κ2) is 6.85. The summed E-state index contributed by atoms with van der Waals surface area (Å²) in [6.45, 7) is 8.97. The van der Waals surface area contributed by atoms with Crippen molar-refractivity contribution in [3.63, 3.8) is 0 Å². The van der Waals surface area contributed by atoms with Crippen molar-refractivity contribution in [3.05, 3.63) is 35.9 Å². The number of rotatable bonds is 4. The van der Waals surface area contributed by atoms with Crippen LogP contribution >= 0.6 is 0 Å². The van der Waals surface area contributed by atoms with Crippen LogP contribution in [0.25, 0.3) is 0 Å². The SMILES string of the molecule is CC(C)(N)CN1CCC[C@@]2(CCC(=O)N(Cc3ccccc3)C2)C1. The second-order valence-electron chi connectivity index (χ2n) is 8.54. The zero-order chi connectivity index (χ0) is 17.2. The summed E-state index contributed by atoms with van der Waals surface area (Å²) >= 11 is 0. The molecular formula is C20H31N3O. The quantitative estimate of drug-likeness (QED) is 0.924. The van der Waals surface area contributed by atoms with Crippen LogP contribution in [0.15, 0.2) is 30.3 Å². The summed E-state index contributed by atoms with van der Waals surface area (Å²) in [5.41, 5.74) is 7.55. The van der Waals surface area contributed by atoms with Crippen LogP contribution in [0, 0.1) is 5.41 Å². The van der Waals surface area contributed by atoms with E-state index in [9.17, 15) is 4.79 Å². The molecule has 1 amide bonds. The van der Waals surface area contributed by atoms with Gasteiger partial charge in [0.1, 0.15) is 0 Å². The molecule has 2 N–H and O–H groups in total. The number of likely N-dealkylation sites (tertiary alicyclic amines) is 2. The standard InChI is InChI=1S/C20H31N3O/c1-19(2,21)14-22-12-6-10-20(15-22)11-9-18(24)23(16-20)13-17-7-4-3-5-8-17/h3-5,7-8H,6,9-16,21H2,1-2H3/t20-/m1/s1. The van der Waals surface area contributed by atoms with Gasteiger partial charge in [-0.1, -0.05) is 30.3 Å². The van der Waals surface area contributed by atoms with Gasteiger partial charge in [-0.2, -0.15) is 0 Å². The summed E-state index contributed by atoms with van der Waals surface area (Å²) in [5.74, 6) is 0.306. The zero-order valence-corrected chi connectivity index (χ0v) is 15.1. The Bertz CT molecular complexity index is 566. The number of nitrogens with two attached hydrogens (primary N) is 1. The van der Waals surface area contributed by atoms with Gasteiger partial charge in [-0.15, -0.1) is 0 Å². The zero-order valence-electron chi connectivity index (χ0n) is 15.1. The van der Waals surface area contributed by atoms with Gasteiger partial charge in [-0.05, 0) is 45.2 Å². The first-order chi connectivity index (χ1) is 11.4. The number of hydrogen-bond acceptors (Lipinski definition) is 3. The minimum atomic E-state index is -0.160. The highest BCUT2D eigenvalue weighted by Gasteiger charge is 2.42. The van der Waals surface area contributed by atoms with E-state index < -0.39 is 0 Å². The fraction of sp³-hybridized carbons (Fsp3) is 0.650. The first-order valence-corrected chi connectivity index (χ1v) is 9.18. The van der Waals surface area contributed by atoms with Gasteiger partial charge in [-0.3, -0.25) is 4.79 Å². The summed E-state index contributed by atoms with van der Waals surface area (Å²) in [7, 11) is 0. The number of carbonyl (C=O) groups excluding carboxylic acids is 1. The number of amides is 1. The third kappa shape index (κ3) is 4.37. The lowest BCUT2D eigenvalue weighted by molar-refractivity contribution is -0.140. The normalized spacial score (nSPS) is 26.1. The van der Waals surface area contributed by atoms with Crippen molar-refractivity contribution in [2.45, 2.75) is 51.6 Å². The van der Waals surface area contributed by atoms with Gasteiger partial charge in [0.2, 0.25) is 5.91 Å². The molecule has 4 heteroatoms. The summed E-state index contributed by atoms with van der Waals surface area (Å²) in [4.78, 5) is 17.0. The van der Waals surface area contributed by atoms with Crippen LogP contribution in [0.4, 0.5) is 0 Å². The van der Waals surface area contributed by atoms with Crippen LogP contribution in [0.5, 0.6) is 0 Å². The highest BCUT2D eigenvalue weighted by molar-refractivity contribution is 5.77. The van der Waals surface area contributed by atoms with E-state index in [2.05, 4.69) is 35.8 Å². The molecule has 2 fully saturated rings. The maximum absolute atomic E-state index is 12.4. The fourth-order valence-corrected chi connectivity index (χ4v) is 4.40. The Morgan fingerprint density at radius 2 is 1.92 bits per heavy atom.